The molecule has 0 saturated heterocycles. The molecule has 0 saturated carbocycles. The monoisotopic (exact) mass is 393 g/mol. The maximum atomic E-state index is 13.9. The smallest absolute Gasteiger partial charge is 0.343 e. The molecule has 0 bridgehead atoms. The van der Waals surface area contributed by atoms with Crippen LogP contribution in [-0.4, -0.2) is 22.1 Å². The molecule has 0 unspecified atom stereocenters. The van der Waals surface area contributed by atoms with Crippen molar-refractivity contribution in [2.24, 2.45) is 0 Å². The summed E-state index contributed by atoms with van der Waals surface area (Å²) >= 11 is 5.77. The van der Waals surface area contributed by atoms with Gasteiger partial charge in [-0.1, -0.05) is 11.6 Å². The number of carbonyl (C=O) groups excluding carboxylic acids is 1. The average molecular weight is 394 g/mol. The largest absolute Gasteiger partial charge is 0.462 e. The molecule has 3 aromatic rings. The van der Waals surface area contributed by atoms with Gasteiger partial charge in [0.25, 0.3) is 0 Å². The molecule has 2 N–H and O–H groups in total. The maximum absolute atomic E-state index is 13.9. The summed E-state index contributed by atoms with van der Waals surface area (Å²) in [6, 6.07) is 3.43. The molecule has 0 spiro atoms. The number of benzene rings is 1. The normalized spacial score (nSPS) is 11.0. The maximum Gasteiger partial charge on any atom is 0.343 e. The Morgan fingerprint density at radius 3 is 2.70 bits per heavy atom. The van der Waals surface area contributed by atoms with Gasteiger partial charge in [-0.3, -0.25) is 9.36 Å². The molecule has 3 rings (SSSR count). The van der Waals surface area contributed by atoms with Crippen LogP contribution in [-0.2, 0) is 4.74 Å². The van der Waals surface area contributed by atoms with Gasteiger partial charge in [-0.25, -0.2) is 18.6 Å². The highest BCUT2D eigenvalue weighted by atomic mass is 35.5. The number of nitrogens with zero attached hydrogens (tertiary/aromatic N) is 2. The van der Waals surface area contributed by atoms with Gasteiger partial charge in [-0.2, -0.15) is 0 Å². The Balaban J connectivity index is 2.46. The number of pyridine rings is 2. The van der Waals surface area contributed by atoms with Gasteiger partial charge < -0.3 is 10.5 Å². The number of hydrogen-bond acceptors (Lipinski definition) is 5. The summed E-state index contributed by atoms with van der Waals surface area (Å²) in [6.45, 7) is 3.20. The Hall–Kier alpha value is -3.00. The Kier molecular flexibility index (Phi) is 4.84. The van der Waals surface area contributed by atoms with E-state index in [1.54, 1.807) is 13.8 Å². The second-order valence-corrected chi connectivity index (χ2v) is 6.06. The molecule has 2 heterocycles. The van der Waals surface area contributed by atoms with E-state index in [4.69, 9.17) is 22.1 Å². The number of anilines is 1. The zero-order valence-electron chi connectivity index (χ0n) is 14.3. The van der Waals surface area contributed by atoms with E-state index in [0.29, 0.717) is 11.3 Å². The predicted molar refractivity (Wildman–Crippen MR) is 97.4 cm³/mol. The molecule has 0 radical (unpaired) electrons. The summed E-state index contributed by atoms with van der Waals surface area (Å²) in [5, 5.41) is -0.628. The van der Waals surface area contributed by atoms with E-state index >= 15 is 0 Å². The first kappa shape index (κ1) is 18.8. The lowest BCUT2D eigenvalue weighted by Crippen LogP contribution is -2.21. The number of hydrogen-bond donors (Lipinski definition) is 1. The topological polar surface area (TPSA) is 87.2 Å². The van der Waals surface area contributed by atoms with Crippen LogP contribution in [0.4, 0.5) is 14.5 Å². The summed E-state index contributed by atoms with van der Waals surface area (Å²) in [4.78, 5) is 28.8. The van der Waals surface area contributed by atoms with Crippen molar-refractivity contribution >= 4 is 34.3 Å². The van der Waals surface area contributed by atoms with E-state index in [2.05, 4.69) is 4.98 Å². The highest BCUT2D eigenvalue weighted by Crippen LogP contribution is 2.27. The molecule has 2 aromatic heterocycles. The number of fused-ring (bicyclic) bond motifs is 1. The van der Waals surface area contributed by atoms with Crippen LogP contribution < -0.4 is 11.2 Å². The fraction of sp³-hybridized carbons (Fsp3) is 0.167. The van der Waals surface area contributed by atoms with Crippen molar-refractivity contribution in [3.05, 3.63) is 62.5 Å². The van der Waals surface area contributed by atoms with Crippen LogP contribution in [0.2, 0.25) is 5.15 Å². The molecule has 9 heteroatoms. The van der Waals surface area contributed by atoms with Crippen molar-refractivity contribution in [1.82, 2.24) is 9.55 Å². The van der Waals surface area contributed by atoms with E-state index in [1.165, 1.54) is 16.8 Å². The van der Waals surface area contributed by atoms with E-state index in [9.17, 15) is 18.4 Å². The summed E-state index contributed by atoms with van der Waals surface area (Å²) in [5.74, 6) is -2.41. The SMILES string of the molecule is CCOC(=O)c1cn(-c2ccc(F)c(N)c2C)c2nc(Cl)c(F)cc2c1=O. The highest BCUT2D eigenvalue weighted by Gasteiger charge is 2.21. The number of carbonyl (C=O) groups is 1. The molecular formula is C18H14ClF2N3O3. The van der Waals surface area contributed by atoms with Gasteiger partial charge in [0.2, 0.25) is 5.43 Å². The summed E-state index contributed by atoms with van der Waals surface area (Å²) in [5.41, 5.74) is 5.25. The Morgan fingerprint density at radius 1 is 1.33 bits per heavy atom. The van der Waals surface area contributed by atoms with E-state index in [0.717, 1.165) is 12.1 Å². The van der Waals surface area contributed by atoms with Crippen molar-refractivity contribution in [3.8, 4) is 5.69 Å². The van der Waals surface area contributed by atoms with E-state index < -0.39 is 28.2 Å². The van der Waals surface area contributed by atoms with Gasteiger partial charge >= 0.3 is 5.97 Å². The summed E-state index contributed by atoms with van der Waals surface area (Å²) in [7, 11) is 0. The molecule has 1 aromatic carbocycles. The highest BCUT2D eigenvalue weighted by molar-refractivity contribution is 6.29. The molecular weight excluding hydrogens is 380 g/mol. The second kappa shape index (κ2) is 6.96. The third-order valence-electron chi connectivity index (χ3n) is 4.08. The number of nitrogens with two attached hydrogens (primary N) is 1. The fourth-order valence-electron chi connectivity index (χ4n) is 2.68. The third-order valence-corrected chi connectivity index (χ3v) is 4.34. The van der Waals surface area contributed by atoms with Gasteiger partial charge in [0, 0.05) is 6.20 Å². The van der Waals surface area contributed by atoms with Crippen LogP contribution in [0, 0.1) is 18.6 Å². The van der Waals surface area contributed by atoms with Crippen LogP contribution in [0.1, 0.15) is 22.8 Å². The minimum absolute atomic E-state index is 0.00597. The van der Waals surface area contributed by atoms with Crippen LogP contribution in [0.25, 0.3) is 16.7 Å². The minimum Gasteiger partial charge on any atom is -0.462 e. The molecule has 27 heavy (non-hydrogen) atoms. The second-order valence-electron chi connectivity index (χ2n) is 5.70. The summed E-state index contributed by atoms with van der Waals surface area (Å²) < 4.78 is 33.9. The lowest BCUT2D eigenvalue weighted by Gasteiger charge is -2.16. The zero-order valence-corrected chi connectivity index (χ0v) is 15.1. The van der Waals surface area contributed by atoms with Crippen molar-refractivity contribution in [3.63, 3.8) is 0 Å². The van der Waals surface area contributed by atoms with Crippen molar-refractivity contribution in [2.45, 2.75) is 13.8 Å². The van der Waals surface area contributed by atoms with Crippen LogP contribution in [0.3, 0.4) is 0 Å². The van der Waals surface area contributed by atoms with Gasteiger partial charge in [-0.05, 0) is 37.6 Å². The fourth-order valence-corrected chi connectivity index (χ4v) is 2.82. The van der Waals surface area contributed by atoms with Gasteiger partial charge in [0.1, 0.15) is 17.0 Å². The van der Waals surface area contributed by atoms with Crippen LogP contribution in [0.15, 0.2) is 29.2 Å². The first-order chi connectivity index (χ1) is 12.8. The lowest BCUT2D eigenvalue weighted by atomic mass is 10.1. The first-order valence-corrected chi connectivity index (χ1v) is 8.27. The van der Waals surface area contributed by atoms with Crippen LogP contribution in [0.5, 0.6) is 0 Å². The average Bonchev–Trinajstić information content (AvgIpc) is 2.63. The lowest BCUT2D eigenvalue weighted by molar-refractivity contribution is 0.0524. The molecule has 0 aliphatic rings. The molecule has 0 atom stereocenters. The molecule has 0 aliphatic heterocycles. The number of ether oxygens (including phenoxy) is 1. The first-order valence-electron chi connectivity index (χ1n) is 7.89. The van der Waals surface area contributed by atoms with Crippen molar-refractivity contribution in [2.75, 3.05) is 12.3 Å². The molecule has 6 nitrogen and oxygen atoms in total. The van der Waals surface area contributed by atoms with Crippen molar-refractivity contribution in [1.29, 1.82) is 0 Å². The van der Waals surface area contributed by atoms with E-state index in [-0.39, 0.29) is 28.9 Å². The minimum atomic E-state index is -0.913. The standard InChI is InChI=1S/C18H14ClF2N3O3/c1-3-27-18(26)10-7-24(13-5-4-11(20)14(22)8(13)2)17-9(15(10)25)6-12(21)16(19)23-17/h4-7H,3,22H2,1-2H3. The Labute approximate surface area is 157 Å². The number of aromatic nitrogens is 2. The molecule has 140 valence electrons. The quantitative estimate of drug-likeness (QED) is 0.418. The number of nitrogen functional groups attached to an aromatic ring is 1. The van der Waals surface area contributed by atoms with Gasteiger partial charge in [0.05, 0.1) is 23.4 Å². The third kappa shape index (κ3) is 3.12. The van der Waals surface area contributed by atoms with Gasteiger partial charge in [0.15, 0.2) is 11.0 Å². The number of esters is 1. The predicted octanol–water partition coefficient (Wildman–Crippen LogP) is 3.38. The Morgan fingerprint density at radius 2 is 2.04 bits per heavy atom. The van der Waals surface area contributed by atoms with Gasteiger partial charge in [-0.15, -0.1) is 0 Å². The Bertz CT molecular complexity index is 1150. The molecule has 0 amide bonds. The van der Waals surface area contributed by atoms with E-state index in [1.807, 2.05) is 0 Å². The molecule has 0 aliphatic carbocycles. The van der Waals surface area contributed by atoms with Crippen molar-refractivity contribution < 1.29 is 18.3 Å². The summed E-state index contributed by atoms with van der Waals surface area (Å²) in [6.07, 6.45) is 1.20. The van der Waals surface area contributed by atoms with Crippen LogP contribution >= 0.6 is 11.6 Å². The number of halogens is 3. The molecule has 0 fully saturated rings. The number of rotatable bonds is 3. The zero-order chi connectivity index (χ0) is 19.9.